The molecule has 1 aliphatic heterocycles. The van der Waals surface area contributed by atoms with Crippen molar-refractivity contribution in [2.75, 3.05) is 6.61 Å². The highest BCUT2D eigenvalue weighted by Crippen LogP contribution is 2.31. The third-order valence-corrected chi connectivity index (χ3v) is 5.04. The van der Waals surface area contributed by atoms with Gasteiger partial charge in [0.05, 0.1) is 18.9 Å². The Labute approximate surface area is 184 Å². The van der Waals surface area contributed by atoms with Crippen LogP contribution in [0.2, 0.25) is 10.0 Å². The molecular weight excluding hydrogens is 429 g/mol. The van der Waals surface area contributed by atoms with E-state index in [0.717, 1.165) is 5.56 Å². The minimum atomic E-state index is -0.343. The quantitative estimate of drug-likeness (QED) is 0.364. The number of benzene rings is 2. The number of ether oxygens (including phenoxy) is 2. The van der Waals surface area contributed by atoms with Crippen LogP contribution in [0.5, 0.6) is 11.5 Å². The van der Waals surface area contributed by atoms with E-state index in [4.69, 9.17) is 32.7 Å². The summed E-state index contributed by atoms with van der Waals surface area (Å²) >= 11 is 12.4. The molecule has 0 spiro atoms. The maximum atomic E-state index is 11.4. The molecule has 1 heterocycles. The van der Waals surface area contributed by atoms with Crippen molar-refractivity contribution >= 4 is 35.4 Å². The van der Waals surface area contributed by atoms with Gasteiger partial charge < -0.3 is 14.8 Å². The molecule has 2 unspecified atom stereocenters. The Morgan fingerprint density at radius 3 is 2.67 bits per heavy atom. The fourth-order valence-electron chi connectivity index (χ4n) is 2.71. The van der Waals surface area contributed by atoms with Gasteiger partial charge in [0, 0.05) is 15.6 Å². The lowest BCUT2D eigenvalue weighted by molar-refractivity contribution is 0.202. The van der Waals surface area contributed by atoms with Gasteiger partial charge in [0.25, 0.3) is 0 Å². The Morgan fingerprint density at radius 2 is 1.93 bits per heavy atom. The van der Waals surface area contributed by atoms with Crippen LogP contribution in [0.15, 0.2) is 41.5 Å². The van der Waals surface area contributed by atoms with Crippen molar-refractivity contribution in [2.45, 2.75) is 32.7 Å². The molecular formula is C20H23Cl2N5O3. The fourth-order valence-corrected chi connectivity index (χ4v) is 3.22. The molecule has 2 atom stereocenters. The Kier molecular flexibility index (Phi) is 7.62. The van der Waals surface area contributed by atoms with E-state index in [2.05, 4.69) is 26.7 Å². The summed E-state index contributed by atoms with van der Waals surface area (Å²) in [6, 6.07) is 10.4. The zero-order chi connectivity index (χ0) is 21.5. The first-order valence-electron chi connectivity index (χ1n) is 9.41. The average molecular weight is 452 g/mol. The number of amides is 2. The highest BCUT2D eigenvalue weighted by molar-refractivity contribution is 6.35. The van der Waals surface area contributed by atoms with E-state index in [-0.39, 0.29) is 24.8 Å². The number of rotatable bonds is 8. The first-order valence-corrected chi connectivity index (χ1v) is 10.2. The normalized spacial score (nSPS) is 18.6. The summed E-state index contributed by atoms with van der Waals surface area (Å²) in [5.41, 5.74) is 9.76. The van der Waals surface area contributed by atoms with Crippen molar-refractivity contribution in [3.05, 3.63) is 57.6 Å². The van der Waals surface area contributed by atoms with Gasteiger partial charge in [-0.15, -0.1) is 0 Å². The summed E-state index contributed by atoms with van der Waals surface area (Å²) in [4.78, 5) is 11.4. The van der Waals surface area contributed by atoms with Crippen LogP contribution >= 0.6 is 23.2 Å². The smallest absolute Gasteiger partial charge is 0.330 e. The van der Waals surface area contributed by atoms with Crippen molar-refractivity contribution in [3.63, 3.8) is 0 Å². The molecule has 0 radical (unpaired) electrons. The number of hydrogen-bond donors (Lipinski definition) is 4. The van der Waals surface area contributed by atoms with Gasteiger partial charge >= 0.3 is 6.03 Å². The van der Waals surface area contributed by atoms with Crippen LogP contribution in [0, 0.1) is 0 Å². The van der Waals surface area contributed by atoms with Gasteiger partial charge in [0.2, 0.25) is 0 Å². The number of nitrogens with one attached hydrogen (secondary N) is 4. The van der Waals surface area contributed by atoms with Crippen LogP contribution in [-0.4, -0.2) is 31.1 Å². The van der Waals surface area contributed by atoms with Crippen molar-refractivity contribution < 1.29 is 14.3 Å². The van der Waals surface area contributed by atoms with Crippen LogP contribution in [0.1, 0.15) is 25.0 Å². The molecule has 2 amide bonds. The molecule has 4 N–H and O–H groups in total. The van der Waals surface area contributed by atoms with Crippen LogP contribution < -0.4 is 31.1 Å². The lowest BCUT2D eigenvalue weighted by Crippen LogP contribution is -2.67. The van der Waals surface area contributed by atoms with Gasteiger partial charge in [-0.3, -0.25) is 10.9 Å². The minimum Gasteiger partial charge on any atom is -0.490 e. The number of nitrogens with zero attached hydrogens (tertiary/aromatic N) is 1. The van der Waals surface area contributed by atoms with Gasteiger partial charge in [-0.1, -0.05) is 29.3 Å². The van der Waals surface area contributed by atoms with Crippen LogP contribution in [0.3, 0.4) is 0 Å². The van der Waals surface area contributed by atoms with Crippen molar-refractivity contribution in [1.82, 2.24) is 21.6 Å². The zero-order valence-corrected chi connectivity index (χ0v) is 18.1. The predicted molar refractivity (Wildman–Crippen MR) is 117 cm³/mol. The van der Waals surface area contributed by atoms with E-state index in [0.29, 0.717) is 33.7 Å². The molecule has 8 nitrogen and oxygen atoms in total. The summed E-state index contributed by atoms with van der Waals surface area (Å²) in [5.74, 6) is 1.15. The highest BCUT2D eigenvalue weighted by atomic mass is 35.5. The second-order valence-corrected chi connectivity index (χ2v) is 7.34. The molecule has 160 valence electrons. The lowest BCUT2D eigenvalue weighted by Gasteiger charge is -2.30. The summed E-state index contributed by atoms with van der Waals surface area (Å²) in [6.45, 7) is 4.50. The number of halogens is 2. The number of carbonyl (C=O) groups is 1. The molecule has 0 saturated carbocycles. The van der Waals surface area contributed by atoms with Crippen LogP contribution in [-0.2, 0) is 6.61 Å². The van der Waals surface area contributed by atoms with Gasteiger partial charge in [0.15, 0.2) is 11.5 Å². The first-order chi connectivity index (χ1) is 14.5. The van der Waals surface area contributed by atoms with Gasteiger partial charge in [0.1, 0.15) is 12.8 Å². The topological polar surface area (TPSA) is 96.0 Å². The van der Waals surface area contributed by atoms with Gasteiger partial charge in [-0.25, -0.2) is 10.2 Å². The molecule has 1 aliphatic rings. The molecule has 3 rings (SSSR count). The van der Waals surface area contributed by atoms with E-state index < -0.39 is 0 Å². The second-order valence-electron chi connectivity index (χ2n) is 6.52. The largest absolute Gasteiger partial charge is 0.490 e. The summed E-state index contributed by atoms with van der Waals surface area (Å²) in [7, 11) is 0. The number of hydrazone groups is 1. The van der Waals surface area contributed by atoms with Gasteiger partial charge in [-0.2, -0.15) is 5.10 Å². The summed E-state index contributed by atoms with van der Waals surface area (Å²) in [5, 5.41) is 8.03. The van der Waals surface area contributed by atoms with Crippen molar-refractivity contribution in [1.29, 1.82) is 0 Å². The Balaban J connectivity index is 1.67. The number of carbonyl (C=O) groups excluding carboxylic acids is 1. The standard InChI is InChI=1S/C20H23Cl2N5O3/c1-3-29-18-9-13(10-23-26-19-12(2)25-27-20(28)24-19)7-8-17(18)30-11-14-15(21)5-4-6-16(14)22/h4-10,12,19,25-26H,3,11H2,1-2H3,(H2,24,27,28)/b23-10+. The monoisotopic (exact) mass is 451 g/mol. The maximum Gasteiger partial charge on any atom is 0.330 e. The molecule has 0 bridgehead atoms. The Bertz CT molecular complexity index is 905. The summed E-state index contributed by atoms with van der Waals surface area (Å²) in [6.07, 6.45) is 1.29. The highest BCUT2D eigenvalue weighted by Gasteiger charge is 2.23. The molecule has 1 saturated heterocycles. The third kappa shape index (κ3) is 5.69. The second kappa shape index (κ2) is 10.4. The summed E-state index contributed by atoms with van der Waals surface area (Å²) < 4.78 is 11.6. The first kappa shape index (κ1) is 22.0. The third-order valence-electron chi connectivity index (χ3n) is 4.33. The zero-order valence-electron chi connectivity index (χ0n) is 16.5. The molecule has 2 aromatic rings. The lowest BCUT2D eigenvalue weighted by atomic mass is 10.2. The van der Waals surface area contributed by atoms with Crippen LogP contribution in [0.4, 0.5) is 4.79 Å². The van der Waals surface area contributed by atoms with E-state index >= 15 is 0 Å². The SMILES string of the molecule is CCOc1cc(/C=N/NC2NC(=O)NNC2C)ccc1OCc1c(Cl)cccc1Cl. The van der Waals surface area contributed by atoms with E-state index in [1.165, 1.54) is 0 Å². The molecule has 1 fully saturated rings. The van der Waals surface area contributed by atoms with Crippen molar-refractivity contribution in [2.24, 2.45) is 5.10 Å². The molecule has 0 aromatic heterocycles. The van der Waals surface area contributed by atoms with E-state index in [1.54, 1.807) is 30.5 Å². The Morgan fingerprint density at radius 1 is 1.17 bits per heavy atom. The molecule has 0 aliphatic carbocycles. The number of hydrogen-bond acceptors (Lipinski definition) is 6. The Hall–Kier alpha value is -2.68. The van der Waals surface area contributed by atoms with E-state index in [1.807, 2.05) is 26.0 Å². The number of hydrazine groups is 1. The molecule has 10 heteroatoms. The average Bonchev–Trinajstić information content (AvgIpc) is 2.72. The van der Waals surface area contributed by atoms with E-state index in [9.17, 15) is 4.79 Å². The van der Waals surface area contributed by atoms with Gasteiger partial charge in [-0.05, 0) is 49.7 Å². The predicted octanol–water partition coefficient (Wildman–Crippen LogP) is 3.43. The molecule has 30 heavy (non-hydrogen) atoms. The minimum absolute atomic E-state index is 0.0498. The number of urea groups is 1. The van der Waals surface area contributed by atoms with Crippen molar-refractivity contribution in [3.8, 4) is 11.5 Å². The van der Waals surface area contributed by atoms with Crippen LogP contribution in [0.25, 0.3) is 0 Å². The fraction of sp³-hybridized carbons (Fsp3) is 0.300. The maximum absolute atomic E-state index is 11.4. The molecule has 2 aromatic carbocycles.